The first kappa shape index (κ1) is 23.3. The number of aromatic nitrogens is 3. The Morgan fingerprint density at radius 1 is 0.943 bits per heavy atom. The lowest BCUT2D eigenvalue weighted by molar-refractivity contribution is 0.0710. The largest absolute Gasteiger partial charge is 0.338 e. The number of benzene rings is 1. The first-order valence-corrected chi connectivity index (χ1v) is 12.8. The molecule has 0 unspecified atom stereocenters. The van der Waals surface area contributed by atoms with E-state index in [-0.39, 0.29) is 18.0 Å². The smallest absolute Gasteiger partial charge is 0.315 e. The predicted octanol–water partition coefficient (Wildman–Crippen LogP) is 4.18. The summed E-state index contributed by atoms with van der Waals surface area (Å²) in [7, 11) is 1.86. The normalized spacial score (nSPS) is 17.5. The van der Waals surface area contributed by atoms with Gasteiger partial charge in [0.15, 0.2) is 5.65 Å². The molecule has 2 fully saturated rings. The molecule has 3 amide bonds. The minimum Gasteiger partial charge on any atom is -0.338 e. The average Bonchev–Trinajstić information content (AvgIpc) is 3.17. The van der Waals surface area contributed by atoms with Gasteiger partial charge >= 0.3 is 6.03 Å². The highest BCUT2D eigenvalue weighted by Gasteiger charge is 2.28. The molecule has 0 spiro atoms. The Hall–Kier alpha value is -3.42. The van der Waals surface area contributed by atoms with Gasteiger partial charge in [-0.2, -0.15) is 5.10 Å². The number of nitrogens with one attached hydrogen (secondary N) is 2. The molecule has 3 aromatic rings. The number of aryl methyl sites for hydroxylation is 2. The van der Waals surface area contributed by atoms with Gasteiger partial charge in [-0.3, -0.25) is 9.48 Å². The lowest BCUT2D eigenvalue weighted by atomic mass is 9.96. The van der Waals surface area contributed by atoms with Crippen molar-refractivity contribution < 1.29 is 9.59 Å². The van der Waals surface area contributed by atoms with Crippen molar-refractivity contribution in [3.8, 4) is 11.3 Å². The summed E-state index contributed by atoms with van der Waals surface area (Å²) in [4.78, 5) is 32.9. The average molecular weight is 475 g/mol. The molecule has 1 aromatic carbocycles. The summed E-state index contributed by atoms with van der Waals surface area (Å²) < 4.78 is 1.75. The zero-order valence-corrected chi connectivity index (χ0v) is 20.6. The van der Waals surface area contributed by atoms with Crippen molar-refractivity contribution in [2.24, 2.45) is 7.05 Å². The van der Waals surface area contributed by atoms with Crippen molar-refractivity contribution >= 4 is 23.0 Å². The van der Waals surface area contributed by atoms with Crippen LogP contribution in [0.25, 0.3) is 22.3 Å². The minimum absolute atomic E-state index is 0.00390. The molecule has 1 saturated carbocycles. The van der Waals surface area contributed by atoms with Crippen LogP contribution in [0.5, 0.6) is 0 Å². The number of hydrogen-bond acceptors (Lipinski definition) is 4. The van der Waals surface area contributed by atoms with E-state index >= 15 is 0 Å². The molecule has 2 aliphatic rings. The highest BCUT2D eigenvalue weighted by molar-refractivity contribution is 6.07. The van der Waals surface area contributed by atoms with Gasteiger partial charge in [-0.15, -0.1) is 0 Å². The van der Waals surface area contributed by atoms with E-state index < -0.39 is 0 Å². The Labute approximate surface area is 206 Å². The zero-order chi connectivity index (χ0) is 24.4. The van der Waals surface area contributed by atoms with Crippen molar-refractivity contribution in [1.82, 2.24) is 30.3 Å². The standard InChI is InChI=1S/C27H34N6O2/c1-18-24-22(17-23(19-9-5-3-6-10-19)30-25(24)32(2)31-18)26(34)33-15-13-21(14-16-33)29-27(35)28-20-11-7-4-8-12-20/h3,5-6,9-10,17,20-21H,4,7-8,11-16H2,1-2H3,(H2,28,29,35). The third-order valence-electron chi connectivity index (χ3n) is 7.33. The van der Waals surface area contributed by atoms with Gasteiger partial charge in [0.2, 0.25) is 0 Å². The first-order chi connectivity index (χ1) is 17.0. The molecular weight excluding hydrogens is 440 g/mol. The van der Waals surface area contributed by atoms with Crippen molar-refractivity contribution in [2.75, 3.05) is 13.1 Å². The lowest BCUT2D eigenvalue weighted by Crippen LogP contribution is -2.51. The van der Waals surface area contributed by atoms with E-state index in [1.807, 2.05) is 55.3 Å². The summed E-state index contributed by atoms with van der Waals surface area (Å²) in [6.45, 7) is 3.14. The number of fused-ring (bicyclic) bond motifs is 1. The van der Waals surface area contributed by atoms with Crippen LogP contribution in [0.1, 0.15) is 61.0 Å². The van der Waals surface area contributed by atoms with Crippen LogP contribution in [0.2, 0.25) is 0 Å². The molecule has 0 atom stereocenters. The highest BCUT2D eigenvalue weighted by atomic mass is 16.2. The van der Waals surface area contributed by atoms with Crippen molar-refractivity contribution in [2.45, 2.75) is 64.0 Å². The maximum absolute atomic E-state index is 13.7. The Morgan fingerprint density at radius 2 is 1.60 bits per heavy atom. The van der Waals surface area contributed by atoms with Crippen LogP contribution in [0.15, 0.2) is 36.4 Å². The van der Waals surface area contributed by atoms with E-state index in [1.54, 1.807) is 4.68 Å². The molecule has 8 nitrogen and oxygen atoms in total. The molecule has 2 aromatic heterocycles. The van der Waals surface area contributed by atoms with E-state index in [9.17, 15) is 9.59 Å². The van der Waals surface area contributed by atoms with Gasteiger partial charge in [-0.05, 0) is 38.7 Å². The molecule has 1 aliphatic carbocycles. The SMILES string of the molecule is Cc1nn(C)c2nc(-c3ccccc3)cc(C(=O)N3CCC(NC(=O)NC4CCCCC4)CC3)c12. The number of piperidine rings is 1. The second-order valence-corrected chi connectivity index (χ2v) is 9.85. The van der Waals surface area contributed by atoms with E-state index in [2.05, 4.69) is 15.7 Å². The summed E-state index contributed by atoms with van der Waals surface area (Å²) in [5.74, 6) is -0.00390. The fraction of sp³-hybridized carbons (Fsp3) is 0.481. The molecule has 2 N–H and O–H groups in total. The summed E-state index contributed by atoms with van der Waals surface area (Å²) in [5.41, 5.74) is 3.88. The van der Waals surface area contributed by atoms with Gasteiger partial charge in [0.25, 0.3) is 5.91 Å². The van der Waals surface area contributed by atoms with Gasteiger partial charge < -0.3 is 15.5 Å². The third-order valence-corrected chi connectivity index (χ3v) is 7.33. The van der Waals surface area contributed by atoms with E-state index in [0.29, 0.717) is 30.3 Å². The molecule has 184 valence electrons. The van der Waals surface area contributed by atoms with Crippen LogP contribution >= 0.6 is 0 Å². The van der Waals surface area contributed by atoms with Crippen molar-refractivity contribution in [3.63, 3.8) is 0 Å². The summed E-state index contributed by atoms with van der Waals surface area (Å²) in [6, 6.07) is 12.1. The first-order valence-electron chi connectivity index (χ1n) is 12.8. The number of likely N-dealkylation sites (tertiary alicyclic amines) is 1. The summed E-state index contributed by atoms with van der Waals surface area (Å²) in [5, 5.41) is 11.6. The van der Waals surface area contributed by atoms with Gasteiger partial charge in [0, 0.05) is 37.8 Å². The Morgan fingerprint density at radius 3 is 2.29 bits per heavy atom. The van der Waals surface area contributed by atoms with E-state index in [1.165, 1.54) is 19.3 Å². The van der Waals surface area contributed by atoms with Crippen LogP contribution in [0, 0.1) is 6.92 Å². The lowest BCUT2D eigenvalue weighted by Gasteiger charge is -2.33. The van der Waals surface area contributed by atoms with E-state index in [0.717, 1.165) is 48.0 Å². The van der Waals surface area contributed by atoms with E-state index in [4.69, 9.17) is 4.98 Å². The monoisotopic (exact) mass is 474 g/mol. The molecule has 5 rings (SSSR count). The van der Waals surface area contributed by atoms with Crippen LogP contribution in [0.3, 0.4) is 0 Å². The third kappa shape index (κ3) is 5.01. The fourth-order valence-electron chi connectivity index (χ4n) is 5.43. The summed E-state index contributed by atoms with van der Waals surface area (Å²) >= 11 is 0. The number of pyridine rings is 1. The van der Waals surface area contributed by atoms with Gasteiger partial charge in [0.05, 0.1) is 22.3 Å². The number of nitrogens with zero attached hydrogens (tertiary/aromatic N) is 4. The molecule has 1 saturated heterocycles. The second-order valence-electron chi connectivity index (χ2n) is 9.85. The maximum Gasteiger partial charge on any atom is 0.315 e. The molecule has 3 heterocycles. The molecule has 35 heavy (non-hydrogen) atoms. The molecule has 1 aliphatic heterocycles. The maximum atomic E-state index is 13.7. The van der Waals surface area contributed by atoms with Gasteiger partial charge in [-0.1, -0.05) is 49.6 Å². The number of hydrogen-bond donors (Lipinski definition) is 2. The van der Waals surface area contributed by atoms with Crippen LogP contribution < -0.4 is 10.6 Å². The quantitative estimate of drug-likeness (QED) is 0.593. The Kier molecular flexibility index (Phi) is 6.70. The molecule has 0 bridgehead atoms. The number of carbonyl (C=O) groups is 2. The van der Waals surface area contributed by atoms with Crippen LogP contribution in [0.4, 0.5) is 4.79 Å². The van der Waals surface area contributed by atoms with Crippen LogP contribution in [-0.2, 0) is 7.05 Å². The Bertz CT molecular complexity index is 1210. The zero-order valence-electron chi connectivity index (χ0n) is 20.6. The van der Waals surface area contributed by atoms with Gasteiger partial charge in [-0.25, -0.2) is 9.78 Å². The predicted molar refractivity (Wildman–Crippen MR) is 136 cm³/mol. The summed E-state index contributed by atoms with van der Waals surface area (Å²) in [6.07, 6.45) is 7.28. The molecular formula is C27H34N6O2. The number of rotatable bonds is 4. The highest BCUT2D eigenvalue weighted by Crippen LogP contribution is 2.28. The topological polar surface area (TPSA) is 92.2 Å². The molecule has 0 radical (unpaired) electrons. The number of urea groups is 1. The Balaban J connectivity index is 1.29. The molecule has 8 heteroatoms. The van der Waals surface area contributed by atoms with Crippen molar-refractivity contribution in [3.05, 3.63) is 47.7 Å². The minimum atomic E-state index is -0.0731. The van der Waals surface area contributed by atoms with Crippen LogP contribution in [-0.4, -0.2) is 56.8 Å². The fourth-order valence-corrected chi connectivity index (χ4v) is 5.43. The number of carbonyl (C=O) groups excluding carboxylic acids is 2. The van der Waals surface area contributed by atoms with Crippen molar-refractivity contribution in [1.29, 1.82) is 0 Å². The second kappa shape index (κ2) is 10.1. The number of amides is 3. The van der Waals surface area contributed by atoms with Gasteiger partial charge in [0.1, 0.15) is 0 Å².